The second kappa shape index (κ2) is 3.43. The van der Waals surface area contributed by atoms with E-state index in [1.165, 1.54) is 0 Å². The number of ether oxygens (including phenoxy) is 1. The summed E-state index contributed by atoms with van der Waals surface area (Å²) in [5, 5.41) is 0. The van der Waals surface area contributed by atoms with Gasteiger partial charge in [0.2, 0.25) is 0 Å². The highest BCUT2D eigenvalue weighted by Crippen LogP contribution is 2.21. The maximum atomic E-state index is 11.1. The first-order chi connectivity index (χ1) is 5.24. The fourth-order valence-corrected chi connectivity index (χ4v) is 1.23. The molecule has 0 amide bonds. The minimum Gasteiger partial charge on any atom is -0.462 e. The maximum absolute atomic E-state index is 11.1. The molecule has 0 aromatic carbocycles. The number of cyclic esters (lactones) is 1. The molecular formula is C9H12O2. The first-order valence-corrected chi connectivity index (χ1v) is 3.88. The van der Waals surface area contributed by atoms with Crippen LogP contribution in [0, 0.1) is 18.3 Å². The van der Waals surface area contributed by atoms with Gasteiger partial charge >= 0.3 is 5.97 Å². The molecule has 0 spiro atoms. The Labute approximate surface area is 66.9 Å². The summed E-state index contributed by atoms with van der Waals surface area (Å²) in [6.07, 6.45) is 7.52. The minimum atomic E-state index is -0.123. The van der Waals surface area contributed by atoms with Crippen LogP contribution in [0.4, 0.5) is 0 Å². The van der Waals surface area contributed by atoms with Crippen LogP contribution in [0.2, 0.25) is 0 Å². The van der Waals surface area contributed by atoms with Gasteiger partial charge in [0.15, 0.2) is 0 Å². The third-order valence-corrected chi connectivity index (χ3v) is 1.94. The molecule has 1 rings (SSSR count). The Kier molecular flexibility index (Phi) is 2.53. The Balaban J connectivity index is 2.45. The van der Waals surface area contributed by atoms with Crippen molar-refractivity contribution in [1.82, 2.24) is 0 Å². The van der Waals surface area contributed by atoms with Gasteiger partial charge in [0.25, 0.3) is 0 Å². The van der Waals surface area contributed by atoms with E-state index in [9.17, 15) is 4.79 Å². The largest absolute Gasteiger partial charge is 0.462 e. The van der Waals surface area contributed by atoms with Crippen LogP contribution in [-0.4, -0.2) is 12.1 Å². The van der Waals surface area contributed by atoms with Crippen molar-refractivity contribution in [1.29, 1.82) is 0 Å². The molecule has 2 atom stereocenters. The summed E-state index contributed by atoms with van der Waals surface area (Å²) < 4.78 is 5.02. The van der Waals surface area contributed by atoms with Crippen molar-refractivity contribution in [3.05, 3.63) is 0 Å². The highest BCUT2D eigenvalue weighted by molar-refractivity contribution is 5.73. The molecule has 2 unspecified atom stereocenters. The highest BCUT2D eigenvalue weighted by atomic mass is 16.5. The van der Waals surface area contributed by atoms with E-state index in [-0.39, 0.29) is 18.0 Å². The molecule has 1 aliphatic rings. The zero-order valence-electron chi connectivity index (χ0n) is 6.67. The molecule has 11 heavy (non-hydrogen) atoms. The molecule has 1 heterocycles. The van der Waals surface area contributed by atoms with Gasteiger partial charge in [0.1, 0.15) is 0 Å². The van der Waals surface area contributed by atoms with Gasteiger partial charge in [-0.05, 0) is 19.8 Å². The van der Waals surface area contributed by atoms with Crippen LogP contribution >= 0.6 is 0 Å². The van der Waals surface area contributed by atoms with Crippen molar-refractivity contribution in [2.45, 2.75) is 32.3 Å². The number of hydrogen-bond donors (Lipinski definition) is 0. The first-order valence-electron chi connectivity index (χ1n) is 3.88. The normalized spacial score (nSPS) is 30.7. The van der Waals surface area contributed by atoms with Crippen LogP contribution in [0.1, 0.15) is 26.2 Å². The predicted octanol–water partition coefficient (Wildman–Crippen LogP) is 1.35. The van der Waals surface area contributed by atoms with Gasteiger partial charge in [-0.2, -0.15) is 0 Å². The van der Waals surface area contributed by atoms with E-state index < -0.39 is 0 Å². The van der Waals surface area contributed by atoms with Gasteiger partial charge < -0.3 is 4.74 Å². The van der Waals surface area contributed by atoms with Crippen LogP contribution in [0.25, 0.3) is 0 Å². The molecule has 2 nitrogen and oxygen atoms in total. The second-order valence-corrected chi connectivity index (χ2v) is 2.93. The summed E-state index contributed by atoms with van der Waals surface area (Å²) in [6, 6.07) is 0. The van der Waals surface area contributed by atoms with Gasteiger partial charge in [-0.1, -0.05) is 0 Å². The molecule has 0 radical (unpaired) electrons. The zero-order valence-corrected chi connectivity index (χ0v) is 6.67. The lowest BCUT2D eigenvalue weighted by molar-refractivity contribution is -0.158. The Hall–Kier alpha value is -0.970. The van der Waals surface area contributed by atoms with E-state index in [0.717, 1.165) is 12.8 Å². The van der Waals surface area contributed by atoms with E-state index in [1.54, 1.807) is 0 Å². The van der Waals surface area contributed by atoms with E-state index in [0.29, 0.717) is 6.42 Å². The smallest absolute Gasteiger partial charge is 0.310 e. The molecule has 1 fully saturated rings. The molecule has 1 aliphatic heterocycles. The monoisotopic (exact) mass is 152 g/mol. The number of terminal acetylenes is 1. The highest BCUT2D eigenvalue weighted by Gasteiger charge is 2.26. The van der Waals surface area contributed by atoms with Gasteiger partial charge in [-0.3, -0.25) is 4.79 Å². The summed E-state index contributed by atoms with van der Waals surface area (Å²) in [6.45, 7) is 1.91. The molecule has 0 aliphatic carbocycles. The maximum Gasteiger partial charge on any atom is 0.310 e. The van der Waals surface area contributed by atoms with E-state index in [2.05, 4.69) is 5.92 Å². The number of rotatable bonds is 1. The molecule has 0 aromatic rings. The van der Waals surface area contributed by atoms with Gasteiger partial charge in [0, 0.05) is 6.42 Å². The molecule has 60 valence electrons. The zero-order chi connectivity index (χ0) is 8.27. The fourth-order valence-electron chi connectivity index (χ4n) is 1.23. The fraction of sp³-hybridized carbons (Fsp3) is 0.667. The van der Waals surface area contributed by atoms with Crippen LogP contribution in [0.5, 0.6) is 0 Å². The number of carbonyl (C=O) groups is 1. The predicted molar refractivity (Wildman–Crippen MR) is 41.7 cm³/mol. The Morgan fingerprint density at radius 1 is 1.73 bits per heavy atom. The Bertz CT molecular complexity index is 190. The lowest BCUT2D eigenvalue weighted by Crippen LogP contribution is -2.28. The van der Waals surface area contributed by atoms with Crippen molar-refractivity contribution >= 4 is 5.97 Å². The van der Waals surface area contributed by atoms with Crippen LogP contribution < -0.4 is 0 Å². The molecular weight excluding hydrogens is 140 g/mol. The van der Waals surface area contributed by atoms with Crippen LogP contribution in [0.3, 0.4) is 0 Å². The van der Waals surface area contributed by atoms with Crippen molar-refractivity contribution < 1.29 is 9.53 Å². The molecule has 0 N–H and O–H groups in total. The second-order valence-electron chi connectivity index (χ2n) is 2.93. The van der Waals surface area contributed by atoms with Crippen molar-refractivity contribution in [3.8, 4) is 12.3 Å². The number of carbonyl (C=O) groups excluding carboxylic acids is 1. The SMILES string of the molecule is C#CCC1CCC(C)OC1=O. The van der Waals surface area contributed by atoms with Crippen LogP contribution in [-0.2, 0) is 9.53 Å². The topological polar surface area (TPSA) is 26.3 Å². The summed E-state index contributed by atoms with van der Waals surface area (Å²) in [7, 11) is 0. The molecule has 0 aromatic heterocycles. The summed E-state index contributed by atoms with van der Waals surface area (Å²) in [5.74, 6) is 2.31. The molecule has 1 saturated heterocycles. The Morgan fingerprint density at radius 3 is 3.00 bits per heavy atom. The third-order valence-electron chi connectivity index (χ3n) is 1.94. The van der Waals surface area contributed by atoms with Gasteiger partial charge in [0.05, 0.1) is 12.0 Å². The van der Waals surface area contributed by atoms with E-state index >= 15 is 0 Å². The van der Waals surface area contributed by atoms with E-state index in [4.69, 9.17) is 11.2 Å². The van der Waals surface area contributed by atoms with Crippen molar-refractivity contribution in [2.24, 2.45) is 5.92 Å². The van der Waals surface area contributed by atoms with E-state index in [1.807, 2.05) is 6.92 Å². The minimum absolute atomic E-state index is 0.0452. The summed E-state index contributed by atoms with van der Waals surface area (Å²) in [4.78, 5) is 11.1. The summed E-state index contributed by atoms with van der Waals surface area (Å²) >= 11 is 0. The summed E-state index contributed by atoms with van der Waals surface area (Å²) in [5.41, 5.74) is 0. The molecule has 0 bridgehead atoms. The van der Waals surface area contributed by atoms with Crippen molar-refractivity contribution in [2.75, 3.05) is 0 Å². The quantitative estimate of drug-likeness (QED) is 0.419. The lowest BCUT2D eigenvalue weighted by atomic mass is 9.96. The molecule has 0 saturated carbocycles. The lowest BCUT2D eigenvalue weighted by Gasteiger charge is -2.24. The number of esters is 1. The average molecular weight is 152 g/mol. The van der Waals surface area contributed by atoms with Gasteiger partial charge in [-0.25, -0.2) is 0 Å². The van der Waals surface area contributed by atoms with Crippen molar-refractivity contribution in [3.63, 3.8) is 0 Å². The van der Waals surface area contributed by atoms with Gasteiger partial charge in [-0.15, -0.1) is 12.3 Å². The number of hydrogen-bond acceptors (Lipinski definition) is 2. The molecule has 2 heteroatoms. The Morgan fingerprint density at radius 2 is 2.45 bits per heavy atom. The standard InChI is InChI=1S/C9H12O2/c1-3-4-8-6-5-7(2)11-9(8)10/h1,7-8H,4-6H2,2H3. The average Bonchev–Trinajstić information content (AvgIpc) is 1.95. The first kappa shape index (κ1) is 8.13. The van der Waals surface area contributed by atoms with Crippen LogP contribution in [0.15, 0.2) is 0 Å². The third kappa shape index (κ3) is 1.98.